The topological polar surface area (TPSA) is 179 Å². The number of anilines is 2. The Morgan fingerprint density at radius 1 is 0.538 bits per heavy atom. The molecule has 14 nitrogen and oxygen atoms in total. The molecule has 2 amide bonds. The van der Waals surface area contributed by atoms with Crippen molar-refractivity contribution in [3.05, 3.63) is 82.8 Å². The molecular weight excluding hydrogens is 715 g/mol. The van der Waals surface area contributed by atoms with Crippen molar-refractivity contribution in [3.8, 4) is 34.1 Å². The van der Waals surface area contributed by atoms with Gasteiger partial charge in [0.1, 0.15) is 11.4 Å². The van der Waals surface area contributed by atoms with Crippen molar-refractivity contribution < 1.29 is 38.1 Å². The molecule has 4 aromatic carbocycles. The van der Waals surface area contributed by atoms with Gasteiger partial charge < -0.3 is 29.6 Å². The number of halogens is 2. The minimum Gasteiger partial charge on any atom is -0.493 e. The zero-order chi connectivity index (χ0) is 37.9. The summed E-state index contributed by atoms with van der Waals surface area (Å²) in [6, 6.07) is 16.4. The van der Waals surface area contributed by atoms with Crippen LogP contribution in [0.15, 0.2) is 93.3 Å². The Morgan fingerprint density at radius 2 is 0.904 bits per heavy atom. The molecule has 0 heterocycles. The van der Waals surface area contributed by atoms with Crippen molar-refractivity contribution >= 4 is 69.3 Å². The molecule has 4 rings (SSSR count). The van der Waals surface area contributed by atoms with Crippen LogP contribution >= 0.6 is 23.2 Å². The molecule has 52 heavy (non-hydrogen) atoms. The van der Waals surface area contributed by atoms with Crippen molar-refractivity contribution in [2.24, 2.45) is 20.5 Å². The molecule has 0 aliphatic carbocycles. The lowest BCUT2D eigenvalue weighted by atomic mass is 10.0. The minimum absolute atomic E-state index is 0.188. The van der Waals surface area contributed by atoms with Crippen LogP contribution in [0.5, 0.6) is 23.0 Å². The fourth-order valence-electron chi connectivity index (χ4n) is 4.66. The van der Waals surface area contributed by atoms with E-state index in [0.29, 0.717) is 45.5 Å². The standard InChI is InChI=1S/C36H34Cl2N6O8/c1-19(45)33(35(47)39-23-9-13-29(49-3)31(17-23)51-5)43-41-27-11-7-21(15-25(27)37)22-8-12-28(26(38)16-22)42-44-34(20(2)46)36(48)40-24-10-14-30(50-4)32(18-24)52-6/h7-18,33-34H,1-6H3,(H,39,47)(H,40,48). The van der Waals surface area contributed by atoms with Crippen LogP contribution in [0.3, 0.4) is 0 Å². The number of benzene rings is 4. The zero-order valence-electron chi connectivity index (χ0n) is 28.9. The van der Waals surface area contributed by atoms with Gasteiger partial charge in [-0.05, 0) is 73.5 Å². The quantitative estimate of drug-likeness (QED) is 0.0905. The van der Waals surface area contributed by atoms with Gasteiger partial charge in [0.05, 0.1) is 38.5 Å². The van der Waals surface area contributed by atoms with E-state index < -0.39 is 35.5 Å². The number of methoxy groups -OCH3 is 4. The monoisotopic (exact) mass is 748 g/mol. The number of amides is 2. The summed E-state index contributed by atoms with van der Waals surface area (Å²) in [5, 5.41) is 21.7. The number of nitrogens with zero attached hydrogens (tertiary/aromatic N) is 4. The lowest BCUT2D eigenvalue weighted by molar-refractivity contribution is -0.127. The number of rotatable bonds is 15. The van der Waals surface area contributed by atoms with E-state index in [1.165, 1.54) is 42.3 Å². The van der Waals surface area contributed by atoms with E-state index in [1.54, 1.807) is 72.8 Å². The van der Waals surface area contributed by atoms with Gasteiger partial charge in [-0.1, -0.05) is 35.3 Å². The Kier molecular flexibility index (Phi) is 13.4. The third kappa shape index (κ3) is 9.68. The first-order valence-corrected chi connectivity index (χ1v) is 16.1. The predicted molar refractivity (Wildman–Crippen MR) is 196 cm³/mol. The number of hydrogen-bond acceptors (Lipinski definition) is 12. The van der Waals surface area contributed by atoms with Crippen molar-refractivity contribution in [1.29, 1.82) is 0 Å². The van der Waals surface area contributed by atoms with Gasteiger partial charge in [-0.3, -0.25) is 19.2 Å². The second-order valence-corrected chi connectivity index (χ2v) is 11.7. The fourth-order valence-corrected chi connectivity index (χ4v) is 5.10. The first-order valence-electron chi connectivity index (χ1n) is 15.4. The molecule has 2 unspecified atom stereocenters. The van der Waals surface area contributed by atoms with E-state index in [1.807, 2.05) is 0 Å². The Morgan fingerprint density at radius 3 is 1.21 bits per heavy atom. The van der Waals surface area contributed by atoms with Gasteiger partial charge in [0.25, 0.3) is 11.8 Å². The summed E-state index contributed by atoms with van der Waals surface area (Å²) in [6.07, 6.45) is 0. The van der Waals surface area contributed by atoms with Crippen molar-refractivity contribution in [3.63, 3.8) is 0 Å². The molecule has 0 aromatic heterocycles. The van der Waals surface area contributed by atoms with Crippen molar-refractivity contribution in [1.82, 2.24) is 0 Å². The Bertz CT molecular complexity index is 1910. The maximum atomic E-state index is 12.9. The molecule has 0 saturated carbocycles. The molecule has 0 fully saturated rings. The van der Waals surface area contributed by atoms with E-state index in [4.69, 9.17) is 42.1 Å². The number of ether oxygens (including phenoxy) is 4. The normalized spacial score (nSPS) is 12.2. The van der Waals surface area contributed by atoms with Crippen LogP contribution in [-0.2, 0) is 19.2 Å². The van der Waals surface area contributed by atoms with Crippen molar-refractivity contribution in [2.45, 2.75) is 25.9 Å². The molecule has 2 atom stereocenters. The van der Waals surface area contributed by atoms with Crippen LogP contribution in [0.25, 0.3) is 11.1 Å². The maximum absolute atomic E-state index is 12.9. The van der Waals surface area contributed by atoms with Crippen LogP contribution in [0.1, 0.15) is 13.8 Å². The molecule has 0 spiro atoms. The van der Waals surface area contributed by atoms with Gasteiger partial charge in [-0.2, -0.15) is 20.5 Å². The Hall–Kier alpha value is -5.86. The summed E-state index contributed by atoms with van der Waals surface area (Å²) in [5.41, 5.74) is 2.47. The van der Waals surface area contributed by atoms with Gasteiger partial charge in [0.2, 0.25) is 12.1 Å². The van der Waals surface area contributed by atoms with Gasteiger partial charge in [-0.25, -0.2) is 0 Å². The lowest BCUT2D eigenvalue weighted by Crippen LogP contribution is -2.31. The van der Waals surface area contributed by atoms with E-state index in [0.717, 1.165) is 0 Å². The van der Waals surface area contributed by atoms with E-state index in [-0.39, 0.29) is 21.4 Å². The van der Waals surface area contributed by atoms with E-state index in [9.17, 15) is 19.2 Å². The highest BCUT2D eigenvalue weighted by Gasteiger charge is 2.25. The smallest absolute Gasteiger partial charge is 0.258 e. The maximum Gasteiger partial charge on any atom is 0.258 e. The van der Waals surface area contributed by atoms with Crippen molar-refractivity contribution in [2.75, 3.05) is 39.1 Å². The largest absolute Gasteiger partial charge is 0.493 e. The van der Waals surface area contributed by atoms with Crippen LogP contribution in [0.4, 0.5) is 22.7 Å². The third-order valence-corrected chi connectivity index (χ3v) is 7.97. The minimum atomic E-state index is -1.44. The number of azo groups is 2. The number of nitrogens with one attached hydrogen (secondary N) is 2. The van der Waals surface area contributed by atoms with Gasteiger partial charge >= 0.3 is 0 Å². The van der Waals surface area contributed by atoms with Gasteiger partial charge in [-0.15, -0.1) is 0 Å². The van der Waals surface area contributed by atoms with Gasteiger partial charge in [0.15, 0.2) is 34.6 Å². The number of carbonyl (C=O) groups is 4. The summed E-state index contributed by atoms with van der Waals surface area (Å²) in [5.74, 6) is -0.738. The van der Waals surface area contributed by atoms with E-state index >= 15 is 0 Å². The number of Topliss-reactive ketones (excluding diaryl/α,β-unsaturated/α-hetero) is 2. The molecule has 0 aliphatic rings. The summed E-state index contributed by atoms with van der Waals surface area (Å²) in [4.78, 5) is 50.4. The second kappa shape index (κ2) is 17.9. The highest BCUT2D eigenvalue weighted by Crippen LogP contribution is 2.36. The molecular formula is C36H34Cl2N6O8. The molecule has 2 N–H and O–H groups in total. The SMILES string of the molecule is COc1ccc(NC(=O)C(N=Nc2ccc(-c3ccc(N=NC(C(C)=O)C(=O)Nc4ccc(OC)c(OC)c4)c(Cl)c3)cc2Cl)C(C)=O)cc1OC. The van der Waals surface area contributed by atoms with Crippen LogP contribution in [-0.4, -0.2) is 63.9 Å². The van der Waals surface area contributed by atoms with Crippen LogP contribution in [0.2, 0.25) is 10.0 Å². The highest BCUT2D eigenvalue weighted by molar-refractivity contribution is 6.34. The summed E-state index contributed by atoms with van der Waals surface area (Å²) in [7, 11) is 5.89. The first-order chi connectivity index (χ1) is 24.9. The fraction of sp³-hybridized carbons (Fsp3) is 0.222. The third-order valence-electron chi connectivity index (χ3n) is 7.36. The molecule has 0 bridgehead atoms. The average molecular weight is 750 g/mol. The second-order valence-electron chi connectivity index (χ2n) is 10.9. The molecule has 0 aliphatic heterocycles. The Balaban J connectivity index is 1.46. The summed E-state index contributed by atoms with van der Waals surface area (Å²) < 4.78 is 20.9. The molecule has 0 radical (unpaired) electrons. The highest BCUT2D eigenvalue weighted by atomic mass is 35.5. The van der Waals surface area contributed by atoms with Gasteiger partial charge in [0, 0.05) is 23.5 Å². The number of carbonyl (C=O) groups excluding carboxylic acids is 4. The molecule has 270 valence electrons. The summed E-state index contributed by atoms with van der Waals surface area (Å²) >= 11 is 13.0. The van der Waals surface area contributed by atoms with Crippen LogP contribution < -0.4 is 29.6 Å². The average Bonchev–Trinajstić information content (AvgIpc) is 3.12. The molecule has 4 aromatic rings. The zero-order valence-corrected chi connectivity index (χ0v) is 30.4. The first kappa shape index (κ1) is 38.9. The predicted octanol–water partition coefficient (Wildman–Crippen LogP) is 8.05. The van der Waals surface area contributed by atoms with E-state index in [2.05, 4.69) is 31.1 Å². The molecule has 16 heteroatoms. The number of ketones is 2. The van der Waals surface area contributed by atoms with Crippen LogP contribution in [0, 0.1) is 0 Å². The Labute approximate surface area is 309 Å². The molecule has 0 saturated heterocycles. The number of hydrogen-bond donors (Lipinski definition) is 2. The summed E-state index contributed by atoms with van der Waals surface area (Å²) in [6.45, 7) is 2.45. The lowest BCUT2D eigenvalue weighted by Gasteiger charge is -2.12.